The summed E-state index contributed by atoms with van der Waals surface area (Å²) in [5.41, 5.74) is 6.11. The van der Waals surface area contributed by atoms with Crippen LogP contribution in [0, 0.1) is 17.5 Å². The maximum atomic E-state index is 13.9. The van der Waals surface area contributed by atoms with Gasteiger partial charge in [-0.05, 0) is 49.6 Å². The van der Waals surface area contributed by atoms with Crippen LogP contribution in [0.3, 0.4) is 0 Å². The number of thioether (sulfide) groups is 1. The molecule has 37 heavy (non-hydrogen) atoms. The number of carboxylic acids is 1. The molecule has 0 spiro atoms. The van der Waals surface area contributed by atoms with Gasteiger partial charge in [0.15, 0.2) is 17.0 Å². The first-order valence-corrected chi connectivity index (χ1v) is 12.6. The molecule has 2 atom stereocenters. The highest BCUT2D eigenvalue weighted by atomic mass is 32.2. The lowest BCUT2D eigenvalue weighted by Crippen LogP contribution is -2.46. The monoisotopic (exact) mass is 538 g/mol. The van der Waals surface area contributed by atoms with Crippen LogP contribution in [0.2, 0.25) is 0 Å². The van der Waals surface area contributed by atoms with Gasteiger partial charge in [0, 0.05) is 43.1 Å². The molecule has 1 saturated heterocycles. The molecule has 1 fully saturated rings. The van der Waals surface area contributed by atoms with Crippen molar-refractivity contribution in [3.63, 3.8) is 0 Å². The molecule has 0 radical (unpaired) electrons. The Bertz CT molecular complexity index is 1160. The Morgan fingerprint density at radius 2 is 1.78 bits per heavy atom. The third-order valence-corrected chi connectivity index (χ3v) is 7.06. The van der Waals surface area contributed by atoms with E-state index in [2.05, 4.69) is 10.6 Å². The first kappa shape index (κ1) is 28.3. The van der Waals surface area contributed by atoms with Crippen molar-refractivity contribution in [1.29, 1.82) is 0 Å². The van der Waals surface area contributed by atoms with Gasteiger partial charge in [-0.2, -0.15) is 0 Å². The first-order valence-electron chi connectivity index (χ1n) is 11.6. The lowest BCUT2D eigenvalue weighted by Gasteiger charge is -2.25. The van der Waals surface area contributed by atoms with Gasteiger partial charge in [0.25, 0.3) is 5.91 Å². The Hall–Kier alpha value is -3.25. The summed E-state index contributed by atoms with van der Waals surface area (Å²) in [5.74, 6) is -4.63. The third-order valence-electron chi connectivity index (χ3n) is 5.86. The second-order valence-corrected chi connectivity index (χ2v) is 10.5. The van der Waals surface area contributed by atoms with E-state index >= 15 is 0 Å². The molecule has 0 bridgehead atoms. The fourth-order valence-corrected chi connectivity index (χ4v) is 4.92. The predicted molar refractivity (Wildman–Crippen MR) is 134 cm³/mol. The van der Waals surface area contributed by atoms with Gasteiger partial charge in [0.1, 0.15) is 11.4 Å². The summed E-state index contributed by atoms with van der Waals surface area (Å²) >= 11 is 1.31. The van der Waals surface area contributed by atoms with Crippen molar-refractivity contribution in [3.05, 3.63) is 65.0 Å². The summed E-state index contributed by atoms with van der Waals surface area (Å²) in [6.07, 6.45) is -0.356. The van der Waals surface area contributed by atoms with E-state index in [1.54, 1.807) is 38.1 Å². The van der Waals surface area contributed by atoms with Crippen LogP contribution in [0.1, 0.15) is 31.4 Å². The van der Waals surface area contributed by atoms with E-state index in [0.717, 1.165) is 11.6 Å². The van der Waals surface area contributed by atoms with Crippen LogP contribution in [0.4, 0.5) is 18.9 Å². The predicted octanol–water partition coefficient (Wildman–Crippen LogP) is 2.86. The summed E-state index contributed by atoms with van der Waals surface area (Å²) in [7, 11) is 0. The van der Waals surface area contributed by atoms with E-state index in [-0.39, 0.29) is 30.9 Å². The molecule has 200 valence electrons. The van der Waals surface area contributed by atoms with E-state index < -0.39 is 46.3 Å². The van der Waals surface area contributed by atoms with E-state index in [1.165, 1.54) is 16.7 Å². The topological polar surface area (TPSA) is 125 Å². The molecule has 1 aliphatic rings. The molecule has 0 saturated carbocycles. The van der Waals surface area contributed by atoms with Crippen molar-refractivity contribution in [2.45, 2.75) is 50.2 Å². The van der Waals surface area contributed by atoms with Crippen LogP contribution in [0.15, 0.2) is 36.4 Å². The van der Waals surface area contributed by atoms with Crippen molar-refractivity contribution < 1.29 is 32.7 Å². The lowest BCUT2D eigenvalue weighted by atomic mass is 10.0. The molecule has 0 aliphatic carbocycles. The Morgan fingerprint density at radius 1 is 1.14 bits per heavy atom. The quantitative estimate of drug-likeness (QED) is 0.343. The number of nitrogens with two attached hydrogens (primary N) is 1. The molecular weight excluding hydrogens is 509 g/mol. The van der Waals surface area contributed by atoms with Crippen molar-refractivity contribution in [3.8, 4) is 0 Å². The minimum atomic E-state index is -1.30. The van der Waals surface area contributed by atoms with Crippen LogP contribution in [0.5, 0.6) is 0 Å². The highest BCUT2D eigenvalue weighted by Gasteiger charge is 2.35. The maximum absolute atomic E-state index is 13.9. The normalized spacial score (nSPS) is 16.4. The number of halogens is 3. The number of amides is 2. The van der Waals surface area contributed by atoms with E-state index in [0.29, 0.717) is 24.1 Å². The van der Waals surface area contributed by atoms with E-state index in [1.807, 2.05) is 0 Å². The second-order valence-electron chi connectivity index (χ2n) is 9.31. The zero-order valence-electron chi connectivity index (χ0n) is 20.4. The van der Waals surface area contributed by atoms with Crippen molar-refractivity contribution >= 4 is 35.2 Å². The number of benzene rings is 2. The highest BCUT2D eigenvalue weighted by molar-refractivity contribution is 8.00. The van der Waals surface area contributed by atoms with Crippen molar-refractivity contribution in [1.82, 2.24) is 10.2 Å². The highest BCUT2D eigenvalue weighted by Crippen LogP contribution is 2.25. The third kappa shape index (κ3) is 7.39. The number of hydrogen-bond donors (Lipinski definition) is 4. The van der Waals surface area contributed by atoms with E-state index in [4.69, 9.17) is 5.73 Å². The van der Waals surface area contributed by atoms with Crippen molar-refractivity contribution in [2.75, 3.05) is 17.6 Å². The van der Waals surface area contributed by atoms with Gasteiger partial charge in [-0.15, -0.1) is 11.8 Å². The van der Waals surface area contributed by atoms with Gasteiger partial charge in [0.2, 0.25) is 5.91 Å². The van der Waals surface area contributed by atoms with Gasteiger partial charge in [-0.3, -0.25) is 9.59 Å². The number of rotatable bonds is 10. The SMILES string of the molecule is CC(C)(Nc1ccc(CNC(=O)C2SCCN2C(=O)CC(N)Cc2cc(F)c(F)cc2F)cc1)C(=O)O. The number of hydrogen-bond acceptors (Lipinski definition) is 6. The number of anilines is 1. The fourth-order valence-electron chi connectivity index (χ4n) is 3.76. The number of aliphatic carboxylic acids is 1. The summed E-state index contributed by atoms with van der Waals surface area (Å²) in [6, 6.07) is 7.25. The summed E-state index contributed by atoms with van der Waals surface area (Å²) < 4.78 is 40.5. The smallest absolute Gasteiger partial charge is 0.328 e. The molecule has 0 aromatic heterocycles. The molecular formula is C25H29F3N4O4S. The Morgan fingerprint density at radius 3 is 2.43 bits per heavy atom. The number of carbonyl (C=O) groups excluding carboxylic acids is 2. The van der Waals surface area contributed by atoms with Crippen LogP contribution >= 0.6 is 11.8 Å². The molecule has 12 heteroatoms. The number of carbonyl (C=O) groups is 3. The number of nitrogens with one attached hydrogen (secondary N) is 2. The number of nitrogens with zero attached hydrogens (tertiary/aromatic N) is 1. The fraction of sp³-hybridized carbons (Fsp3) is 0.400. The maximum Gasteiger partial charge on any atom is 0.328 e. The molecule has 2 amide bonds. The van der Waals surface area contributed by atoms with Gasteiger partial charge in [-0.25, -0.2) is 18.0 Å². The Labute approximate surface area is 216 Å². The standard InChI is InChI=1S/C25H29F3N4O4S/c1-25(2,24(35)36)31-17-5-3-14(4-6-17)13-30-22(34)23-32(7-8-37-23)21(33)11-16(29)9-15-10-19(27)20(28)12-18(15)26/h3-6,10,12,16,23,31H,7-9,11,13,29H2,1-2H3,(H,30,34)(H,35,36). The average Bonchev–Trinajstić information content (AvgIpc) is 3.32. The second kappa shape index (κ2) is 11.9. The Kier molecular flexibility index (Phi) is 9.08. The lowest BCUT2D eigenvalue weighted by molar-refractivity contribution is -0.141. The largest absolute Gasteiger partial charge is 0.480 e. The minimum absolute atomic E-state index is 0.128. The van der Waals surface area contributed by atoms with Crippen molar-refractivity contribution in [2.24, 2.45) is 5.73 Å². The van der Waals surface area contributed by atoms with E-state index in [9.17, 15) is 32.7 Å². The first-order chi connectivity index (χ1) is 17.4. The van der Waals surface area contributed by atoms with Crippen LogP contribution in [0.25, 0.3) is 0 Å². The van der Waals surface area contributed by atoms with Gasteiger partial charge in [0.05, 0.1) is 0 Å². The Balaban J connectivity index is 1.53. The molecule has 2 aromatic carbocycles. The molecule has 1 heterocycles. The van der Waals surface area contributed by atoms with Crippen LogP contribution in [-0.4, -0.2) is 57.0 Å². The minimum Gasteiger partial charge on any atom is -0.480 e. The zero-order valence-corrected chi connectivity index (χ0v) is 21.2. The van der Waals surface area contributed by atoms with Crippen LogP contribution in [-0.2, 0) is 27.3 Å². The summed E-state index contributed by atoms with van der Waals surface area (Å²) in [5, 5.41) is 14.2. The van der Waals surface area contributed by atoms with Gasteiger partial charge < -0.3 is 26.4 Å². The molecule has 1 aliphatic heterocycles. The molecule has 2 aromatic rings. The number of carboxylic acid groups (broad SMARTS) is 1. The zero-order chi connectivity index (χ0) is 27.3. The average molecular weight is 539 g/mol. The molecule has 5 N–H and O–H groups in total. The van der Waals surface area contributed by atoms with Crippen LogP contribution < -0.4 is 16.4 Å². The van der Waals surface area contributed by atoms with Gasteiger partial charge >= 0.3 is 5.97 Å². The molecule has 8 nitrogen and oxygen atoms in total. The summed E-state index contributed by atoms with van der Waals surface area (Å²) in [4.78, 5) is 38.3. The van der Waals surface area contributed by atoms with Gasteiger partial charge in [-0.1, -0.05) is 12.1 Å². The molecule has 3 rings (SSSR count). The molecule has 2 unspecified atom stereocenters. The summed E-state index contributed by atoms with van der Waals surface area (Å²) in [6.45, 7) is 3.64.